The third-order valence-corrected chi connectivity index (χ3v) is 1.92. The van der Waals surface area contributed by atoms with E-state index in [9.17, 15) is 0 Å². The molecule has 0 bridgehead atoms. The first-order valence-corrected chi connectivity index (χ1v) is 4.84. The number of nitrogens with two attached hydrogens (primary N) is 1. The summed E-state index contributed by atoms with van der Waals surface area (Å²) in [6.07, 6.45) is 5.16. The van der Waals surface area contributed by atoms with Crippen LogP contribution in [0.5, 0.6) is 0 Å². The normalized spacial score (nSPS) is 10.6. The van der Waals surface area contributed by atoms with Gasteiger partial charge in [0, 0.05) is 5.69 Å². The number of nitrogen functional groups attached to an aromatic ring is 1. The molecule has 0 aliphatic heterocycles. The van der Waals surface area contributed by atoms with Gasteiger partial charge in [-0.3, -0.25) is 5.84 Å². The molecule has 0 aliphatic rings. The number of hydrogen-bond acceptors (Lipinski definition) is 3. The fourth-order valence-electron chi connectivity index (χ4n) is 1.03. The number of hydrazine groups is 1. The maximum Gasteiger partial charge on any atom is 0.0491 e. The predicted octanol–water partition coefficient (Wildman–Crippen LogP) is 2.31. The minimum absolute atomic E-state index is 0.880. The Morgan fingerprint density at radius 3 is 3.00 bits per heavy atom. The standard InChI is InChI=1S/C10H14N2S/c11-12-10-6-3-5-9(8-10)4-1-2-7-13/h1,3-6,8,12-13H,2,7,11H2. The molecule has 1 aromatic carbocycles. The molecule has 0 spiro atoms. The molecule has 0 saturated carbocycles. The van der Waals surface area contributed by atoms with Crippen LogP contribution in [0.2, 0.25) is 0 Å². The number of anilines is 1. The number of thiol groups is 1. The molecule has 1 aromatic rings. The molecule has 1 rings (SSSR count). The van der Waals surface area contributed by atoms with Crippen molar-refractivity contribution in [3.05, 3.63) is 35.9 Å². The lowest BCUT2D eigenvalue weighted by atomic mass is 10.2. The Balaban J connectivity index is 2.66. The molecule has 3 N–H and O–H groups in total. The summed E-state index contributed by atoms with van der Waals surface area (Å²) < 4.78 is 0. The second-order valence-electron chi connectivity index (χ2n) is 2.68. The largest absolute Gasteiger partial charge is 0.324 e. The molecule has 0 amide bonds. The molecule has 0 atom stereocenters. The van der Waals surface area contributed by atoms with Gasteiger partial charge in [0.05, 0.1) is 0 Å². The highest BCUT2D eigenvalue weighted by atomic mass is 32.1. The average molecular weight is 194 g/mol. The predicted molar refractivity (Wildman–Crippen MR) is 61.8 cm³/mol. The fraction of sp³-hybridized carbons (Fsp3) is 0.200. The summed E-state index contributed by atoms with van der Waals surface area (Å²) in [5, 5.41) is 0. The molecule has 0 fully saturated rings. The van der Waals surface area contributed by atoms with Crippen molar-refractivity contribution < 1.29 is 0 Å². The lowest BCUT2D eigenvalue weighted by Gasteiger charge is -1.99. The van der Waals surface area contributed by atoms with Gasteiger partial charge in [-0.05, 0) is 29.9 Å². The second-order valence-corrected chi connectivity index (χ2v) is 3.13. The first-order chi connectivity index (χ1) is 6.36. The Morgan fingerprint density at radius 2 is 2.31 bits per heavy atom. The van der Waals surface area contributed by atoms with Gasteiger partial charge in [0.1, 0.15) is 0 Å². The van der Waals surface area contributed by atoms with Crippen molar-refractivity contribution in [3.8, 4) is 0 Å². The van der Waals surface area contributed by atoms with E-state index < -0.39 is 0 Å². The Hall–Kier alpha value is -0.930. The van der Waals surface area contributed by atoms with E-state index in [0.29, 0.717) is 0 Å². The summed E-state index contributed by atoms with van der Waals surface area (Å²) in [6, 6.07) is 7.93. The highest BCUT2D eigenvalue weighted by molar-refractivity contribution is 7.80. The summed E-state index contributed by atoms with van der Waals surface area (Å²) >= 11 is 4.12. The maximum atomic E-state index is 5.29. The molecule has 13 heavy (non-hydrogen) atoms. The molecule has 0 heterocycles. The van der Waals surface area contributed by atoms with Crippen molar-refractivity contribution in [1.29, 1.82) is 0 Å². The van der Waals surface area contributed by atoms with Gasteiger partial charge in [0.2, 0.25) is 0 Å². The molecule has 2 nitrogen and oxygen atoms in total. The van der Waals surface area contributed by atoms with Crippen molar-refractivity contribution in [2.45, 2.75) is 6.42 Å². The van der Waals surface area contributed by atoms with Crippen LogP contribution in [-0.4, -0.2) is 5.75 Å². The van der Waals surface area contributed by atoms with Crippen LogP contribution >= 0.6 is 12.6 Å². The van der Waals surface area contributed by atoms with E-state index in [0.717, 1.165) is 23.4 Å². The quantitative estimate of drug-likeness (QED) is 0.391. The van der Waals surface area contributed by atoms with Gasteiger partial charge in [-0.2, -0.15) is 12.6 Å². The highest BCUT2D eigenvalue weighted by Gasteiger charge is 1.88. The van der Waals surface area contributed by atoms with E-state index in [1.165, 1.54) is 0 Å². The van der Waals surface area contributed by atoms with E-state index in [1.54, 1.807) is 0 Å². The van der Waals surface area contributed by atoms with Crippen molar-refractivity contribution in [2.24, 2.45) is 5.84 Å². The van der Waals surface area contributed by atoms with Gasteiger partial charge in [-0.1, -0.05) is 24.3 Å². The summed E-state index contributed by atoms with van der Waals surface area (Å²) in [4.78, 5) is 0. The molecule has 70 valence electrons. The van der Waals surface area contributed by atoms with Gasteiger partial charge in [-0.25, -0.2) is 0 Å². The minimum Gasteiger partial charge on any atom is -0.324 e. The molecular formula is C10H14N2S. The van der Waals surface area contributed by atoms with Crippen LogP contribution in [0.4, 0.5) is 5.69 Å². The second kappa shape index (κ2) is 5.67. The Morgan fingerprint density at radius 1 is 1.46 bits per heavy atom. The summed E-state index contributed by atoms with van der Waals surface area (Å²) in [5.74, 6) is 6.17. The molecule has 0 saturated heterocycles. The van der Waals surface area contributed by atoms with Gasteiger partial charge < -0.3 is 5.43 Å². The highest BCUT2D eigenvalue weighted by Crippen LogP contribution is 2.10. The summed E-state index contributed by atoms with van der Waals surface area (Å²) in [6.45, 7) is 0. The Bertz CT molecular complexity index is 284. The van der Waals surface area contributed by atoms with Gasteiger partial charge in [0.15, 0.2) is 0 Å². The smallest absolute Gasteiger partial charge is 0.0491 e. The van der Waals surface area contributed by atoms with Crippen LogP contribution in [0, 0.1) is 0 Å². The average Bonchev–Trinajstić information content (AvgIpc) is 2.19. The number of benzene rings is 1. The van der Waals surface area contributed by atoms with Crippen molar-refractivity contribution in [1.82, 2.24) is 0 Å². The fourth-order valence-corrected chi connectivity index (χ4v) is 1.18. The molecule has 0 aromatic heterocycles. The zero-order valence-corrected chi connectivity index (χ0v) is 8.30. The Kier molecular flexibility index (Phi) is 4.43. The lowest BCUT2D eigenvalue weighted by molar-refractivity contribution is 1.26. The zero-order chi connectivity index (χ0) is 9.52. The van der Waals surface area contributed by atoms with Crippen LogP contribution in [0.15, 0.2) is 30.3 Å². The minimum atomic E-state index is 0.880. The topological polar surface area (TPSA) is 38.0 Å². The third kappa shape index (κ3) is 3.53. The number of rotatable bonds is 4. The van der Waals surface area contributed by atoms with E-state index in [-0.39, 0.29) is 0 Å². The van der Waals surface area contributed by atoms with Crippen molar-refractivity contribution >= 4 is 24.4 Å². The third-order valence-electron chi connectivity index (χ3n) is 1.66. The number of nitrogens with one attached hydrogen (secondary N) is 1. The van der Waals surface area contributed by atoms with Crippen LogP contribution in [0.1, 0.15) is 12.0 Å². The maximum absolute atomic E-state index is 5.29. The number of allylic oxidation sites excluding steroid dienone is 1. The zero-order valence-electron chi connectivity index (χ0n) is 7.40. The monoisotopic (exact) mass is 194 g/mol. The van der Waals surface area contributed by atoms with Crippen LogP contribution in [0.25, 0.3) is 6.08 Å². The first kappa shape index (κ1) is 10.2. The molecule has 0 aliphatic carbocycles. The van der Waals surface area contributed by atoms with E-state index in [1.807, 2.05) is 24.3 Å². The molecule has 0 unspecified atom stereocenters. The van der Waals surface area contributed by atoms with E-state index >= 15 is 0 Å². The van der Waals surface area contributed by atoms with Gasteiger partial charge in [-0.15, -0.1) is 0 Å². The van der Waals surface area contributed by atoms with Crippen molar-refractivity contribution in [2.75, 3.05) is 11.2 Å². The number of hydrogen-bond donors (Lipinski definition) is 3. The van der Waals surface area contributed by atoms with Crippen LogP contribution in [-0.2, 0) is 0 Å². The Labute approximate surface area is 84.2 Å². The lowest BCUT2D eigenvalue weighted by Crippen LogP contribution is -2.06. The van der Waals surface area contributed by atoms with Crippen molar-refractivity contribution in [3.63, 3.8) is 0 Å². The molecule has 3 heteroatoms. The van der Waals surface area contributed by atoms with Gasteiger partial charge in [0.25, 0.3) is 0 Å². The van der Waals surface area contributed by atoms with E-state index in [4.69, 9.17) is 5.84 Å². The SMILES string of the molecule is NNc1cccc(C=CCCS)c1. The van der Waals surface area contributed by atoms with Gasteiger partial charge >= 0.3 is 0 Å². The summed E-state index contributed by atoms with van der Waals surface area (Å²) in [7, 11) is 0. The molecule has 0 radical (unpaired) electrons. The summed E-state index contributed by atoms with van der Waals surface area (Å²) in [5.41, 5.74) is 4.68. The first-order valence-electron chi connectivity index (χ1n) is 4.21. The van der Waals surface area contributed by atoms with E-state index in [2.05, 4.69) is 30.2 Å². The van der Waals surface area contributed by atoms with Crippen LogP contribution in [0.3, 0.4) is 0 Å². The van der Waals surface area contributed by atoms with Crippen LogP contribution < -0.4 is 11.3 Å². The molecular weight excluding hydrogens is 180 g/mol.